The molecule has 2 aromatic rings. The minimum Gasteiger partial charge on any atom is -0.467 e. The van der Waals surface area contributed by atoms with E-state index >= 15 is 0 Å². The van der Waals surface area contributed by atoms with Crippen LogP contribution in [-0.4, -0.2) is 20.7 Å². The van der Waals surface area contributed by atoms with Crippen molar-refractivity contribution in [3.05, 3.63) is 36.8 Å². The van der Waals surface area contributed by atoms with Gasteiger partial charge >= 0.3 is 0 Å². The quantitative estimate of drug-likeness (QED) is 0.825. The van der Waals surface area contributed by atoms with E-state index in [2.05, 4.69) is 15.4 Å². The van der Waals surface area contributed by atoms with Crippen molar-refractivity contribution in [2.45, 2.75) is 19.5 Å². The van der Waals surface area contributed by atoms with E-state index in [1.807, 2.05) is 0 Å². The van der Waals surface area contributed by atoms with Crippen molar-refractivity contribution in [1.82, 2.24) is 20.1 Å². The number of aromatic nitrogens is 3. The second kappa shape index (κ2) is 4.61. The Kier molecular flexibility index (Phi) is 3.00. The Labute approximate surface area is 92.3 Å². The lowest BCUT2D eigenvalue weighted by Gasteiger charge is -2.10. The van der Waals surface area contributed by atoms with Crippen LogP contribution in [0.4, 0.5) is 0 Å². The molecule has 0 unspecified atom stereocenters. The highest BCUT2D eigenvalue weighted by Gasteiger charge is 2.14. The predicted molar refractivity (Wildman–Crippen MR) is 55.3 cm³/mol. The number of carbonyl (C=O) groups is 1. The van der Waals surface area contributed by atoms with Crippen molar-refractivity contribution in [3.63, 3.8) is 0 Å². The monoisotopic (exact) mass is 220 g/mol. The molecule has 1 amide bonds. The molecule has 6 nitrogen and oxygen atoms in total. The lowest BCUT2D eigenvalue weighted by atomic mass is 10.3. The van der Waals surface area contributed by atoms with Crippen LogP contribution in [0.5, 0.6) is 0 Å². The number of rotatable bonds is 4. The standard InChI is InChI=1S/C10H12N4O2/c1-8(14-7-11-6-13-14)10(15)12-5-9-3-2-4-16-9/h2-4,6-8H,5H2,1H3,(H,12,15)/t8-/m1/s1. The smallest absolute Gasteiger partial charge is 0.245 e. The van der Waals surface area contributed by atoms with Gasteiger partial charge in [-0.1, -0.05) is 0 Å². The van der Waals surface area contributed by atoms with Crippen molar-refractivity contribution in [2.75, 3.05) is 0 Å². The molecule has 2 heterocycles. The molecule has 2 aromatic heterocycles. The highest BCUT2D eigenvalue weighted by atomic mass is 16.3. The molecule has 0 bridgehead atoms. The Morgan fingerprint density at radius 1 is 1.69 bits per heavy atom. The number of nitrogens with zero attached hydrogens (tertiary/aromatic N) is 3. The summed E-state index contributed by atoms with van der Waals surface area (Å²) < 4.78 is 6.60. The van der Waals surface area contributed by atoms with Gasteiger partial charge in [0.15, 0.2) is 0 Å². The van der Waals surface area contributed by atoms with Gasteiger partial charge in [-0.15, -0.1) is 0 Å². The van der Waals surface area contributed by atoms with Crippen LogP contribution < -0.4 is 5.32 Å². The molecular formula is C10H12N4O2. The van der Waals surface area contributed by atoms with Crippen molar-refractivity contribution < 1.29 is 9.21 Å². The summed E-state index contributed by atoms with van der Waals surface area (Å²) in [6, 6.07) is 3.21. The molecule has 1 N–H and O–H groups in total. The van der Waals surface area contributed by atoms with Gasteiger partial charge in [-0.25, -0.2) is 9.67 Å². The van der Waals surface area contributed by atoms with Crippen molar-refractivity contribution >= 4 is 5.91 Å². The Hall–Kier alpha value is -2.11. The van der Waals surface area contributed by atoms with E-state index in [1.165, 1.54) is 17.3 Å². The summed E-state index contributed by atoms with van der Waals surface area (Å²) in [5, 5.41) is 6.66. The first kappa shape index (κ1) is 10.4. The van der Waals surface area contributed by atoms with Gasteiger partial charge in [-0.3, -0.25) is 4.79 Å². The highest BCUT2D eigenvalue weighted by Crippen LogP contribution is 2.03. The van der Waals surface area contributed by atoms with Crippen LogP contribution in [0.3, 0.4) is 0 Å². The minimum atomic E-state index is -0.377. The van der Waals surface area contributed by atoms with Crippen LogP contribution in [-0.2, 0) is 11.3 Å². The van der Waals surface area contributed by atoms with E-state index in [9.17, 15) is 4.79 Å². The maximum absolute atomic E-state index is 11.7. The van der Waals surface area contributed by atoms with Crippen LogP contribution in [0.25, 0.3) is 0 Å². The average molecular weight is 220 g/mol. The summed E-state index contributed by atoms with van der Waals surface area (Å²) in [7, 11) is 0. The van der Waals surface area contributed by atoms with Gasteiger partial charge in [-0.05, 0) is 19.1 Å². The van der Waals surface area contributed by atoms with E-state index in [-0.39, 0.29) is 11.9 Å². The fraction of sp³-hybridized carbons (Fsp3) is 0.300. The molecule has 0 spiro atoms. The molecule has 0 aliphatic carbocycles. The molecule has 1 atom stereocenters. The predicted octanol–water partition coefficient (Wildman–Crippen LogP) is 0.748. The summed E-state index contributed by atoms with van der Waals surface area (Å²) in [4.78, 5) is 15.5. The zero-order valence-electron chi connectivity index (χ0n) is 8.83. The van der Waals surface area contributed by atoms with Crippen molar-refractivity contribution in [2.24, 2.45) is 0 Å². The van der Waals surface area contributed by atoms with Crippen LogP contribution in [0.1, 0.15) is 18.7 Å². The van der Waals surface area contributed by atoms with E-state index in [0.717, 1.165) is 5.76 Å². The zero-order chi connectivity index (χ0) is 11.4. The fourth-order valence-corrected chi connectivity index (χ4v) is 1.27. The van der Waals surface area contributed by atoms with Crippen molar-refractivity contribution in [1.29, 1.82) is 0 Å². The van der Waals surface area contributed by atoms with Gasteiger partial charge < -0.3 is 9.73 Å². The zero-order valence-corrected chi connectivity index (χ0v) is 8.83. The maximum atomic E-state index is 11.7. The first-order valence-electron chi connectivity index (χ1n) is 4.91. The third kappa shape index (κ3) is 2.28. The first-order valence-corrected chi connectivity index (χ1v) is 4.91. The Balaban J connectivity index is 1.89. The third-order valence-corrected chi connectivity index (χ3v) is 2.23. The van der Waals surface area contributed by atoms with Gasteiger partial charge in [0, 0.05) is 0 Å². The lowest BCUT2D eigenvalue weighted by Crippen LogP contribution is -2.30. The first-order chi connectivity index (χ1) is 7.77. The molecular weight excluding hydrogens is 208 g/mol. The Morgan fingerprint density at radius 3 is 3.19 bits per heavy atom. The molecule has 16 heavy (non-hydrogen) atoms. The molecule has 84 valence electrons. The molecule has 6 heteroatoms. The van der Waals surface area contributed by atoms with E-state index < -0.39 is 0 Å². The summed E-state index contributed by atoms with van der Waals surface area (Å²) in [5.41, 5.74) is 0. The topological polar surface area (TPSA) is 73.0 Å². The van der Waals surface area contributed by atoms with E-state index in [0.29, 0.717) is 6.54 Å². The summed E-state index contributed by atoms with van der Waals surface area (Å²) >= 11 is 0. The van der Waals surface area contributed by atoms with Crippen LogP contribution in [0, 0.1) is 0 Å². The van der Waals surface area contributed by atoms with Gasteiger partial charge in [0.25, 0.3) is 0 Å². The highest BCUT2D eigenvalue weighted by molar-refractivity contribution is 5.79. The number of amides is 1. The minimum absolute atomic E-state index is 0.123. The molecule has 0 fully saturated rings. The summed E-state index contributed by atoms with van der Waals surface area (Å²) in [6.07, 6.45) is 4.48. The van der Waals surface area contributed by atoms with E-state index in [1.54, 1.807) is 25.3 Å². The molecule has 0 saturated heterocycles. The Morgan fingerprint density at radius 2 is 2.56 bits per heavy atom. The largest absolute Gasteiger partial charge is 0.467 e. The normalized spacial score (nSPS) is 12.3. The second-order valence-corrected chi connectivity index (χ2v) is 3.35. The van der Waals surface area contributed by atoms with Crippen molar-refractivity contribution in [3.8, 4) is 0 Å². The Bertz CT molecular complexity index is 435. The van der Waals surface area contributed by atoms with Crippen LogP contribution >= 0.6 is 0 Å². The van der Waals surface area contributed by atoms with Gasteiger partial charge in [0.1, 0.15) is 24.5 Å². The number of furan rings is 1. The molecule has 0 aliphatic heterocycles. The third-order valence-electron chi connectivity index (χ3n) is 2.23. The second-order valence-electron chi connectivity index (χ2n) is 3.35. The van der Waals surface area contributed by atoms with Gasteiger partial charge in [0.05, 0.1) is 12.8 Å². The number of hydrogen-bond donors (Lipinski definition) is 1. The fourth-order valence-electron chi connectivity index (χ4n) is 1.27. The maximum Gasteiger partial charge on any atom is 0.245 e. The number of nitrogens with one attached hydrogen (secondary N) is 1. The lowest BCUT2D eigenvalue weighted by molar-refractivity contribution is -0.124. The van der Waals surface area contributed by atoms with Gasteiger partial charge in [-0.2, -0.15) is 5.10 Å². The SMILES string of the molecule is C[C@H](C(=O)NCc1ccco1)n1cncn1. The molecule has 0 radical (unpaired) electrons. The van der Waals surface area contributed by atoms with Crippen LogP contribution in [0.15, 0.2) is 35.5 Å². The molecule has 0 aliphatic rings. The van der Waals surface area contributed by atoms with E-state index in [4.69, 9.17) is 4.42 Å². The number of carbonyl (C=O) groups excluding carboxylic acids is 1. The van der Waals surface area contributed by atoms with Crippen LogP contribution in [0.2, 0.25) is 0 Å². The number of hydrogen-bond acceptors (Lipinski definition) is 4. The molecule has 0 aromatic carbocycles. The summed E-state index contributed by atoms with van der Waals surface area (Å²) in [5.74, 6) is 0.598. The van der Waals surface area contributed by atoms with Gasteiger partial charge in [0.2, 0.25) is 5.91 Å². The molecule has 0 saturated carbocycles. The average Bonchev–Trinajstić information content (AvgIpc) is 2.96. The molecule has 2 rings (SSSR count). The summed E-state index contributed by atoms with van der Waals surface area (Å²) in [6.45, 7) is 2.14.